The Balaban J connectivity index is 1.24. The lowest BCUT2D eigenvalue weighted by molar-refractivity contribution is 0.955. The molecule has 0 N–H and O–H groups in total. The van der Waals surface area contributed by atoms with Gasteiger partial charge in [-0.15, -0.1) is 11.3 Å². The molecule has 56 heavy (non-hydrogen) atoms. The Bertz CT molecular complexity index is 3470. The second-order valence-corrected chi connectivity index (χ2v) is 15.4. The first kappa shape index (κ1) is 31.2. The number of thiophene rings is 1. The minimum atomic E-state index is 0.583. The van der Waals surface area contributed by atoms with Crippen molar-refractivity contribution < 1.29 is 0 Å². The molecule has 0 amide bonds. The molecule has 0 saturated heterocycles. The standard InChI is InChI=1S/C51H30N4S/c1-3-15-32(16-4-1)49-52-50(33-17-5-2-6-18-33)54-51(53-49)55-47-36(34-26-28-41-44(30-34)56-43-29-27-31-14-7-8-19-35(31)45(41)43)24-13-25-42(47)46-39-22-11-9-20-37(39)38-21-10-12-23-40(38)48(46)55/h1-30H. The zero-order valence-electron chi connectivity index (χ0n) is 30.0. The average Bonchev–Trinajstić information content (AvgIpc) is 3.84. The molecule has 0 saturated carbocycles. The molecule has 0 fully saturated rings. The molecule has 0 spiro atoms. The molecule has 0 unspecified atom stereocenters. The fraction of sp³-hybridized carbons (Fsp3) is 0. The SMILES string of the molecule is c1ccc(-c2nc(-c3ccccc3)nc(-n3c4c(-c5ccc6c(c5)sc5ccc7ccccc7c56)cccc4c4c5ccccc5c5ccccc5c43)n2)cc1. The summed E-state index contributed by atoms with van der Waals surface area (Å²) in [6, 6.07) is 64.9. The number of hydrogen-bond donors (Lipinski definition) is 0. The minimum Gasteiger partial charge on any atom is -0.277 e. The number of hydrogen-bond acceptors (Lipinski definition) is 4. The third kappa shape index (κ3) is 4.62. The second-order valence-electron chi connectivity index (χ2n) is 14.3. The summed E-state index contributed by atoms with van der Waals surface area (Å²) in [5, 5.41) is 12.3. The number of para-hydroxylation sites is 1. The van der Waals surface area contributed by atoms with Crippen molar-refractivity contribution in [3.8, 4) is 39.9 Å². The number of fused-ring (bicyclic) bond motifs is 13. The lowest BCUT2D eigenvalue weighted by Gasteiger charge is -2.14. The van der Waals surface area contributed by atoms with Gasteiger partial charge in [0.2, 0.25) is 5.95 Å². The molecule has 260 valence electrons. The fourth-order valence-corrected chi connectivity index (χ4v) is 9.93. The topological polar surface area (TPSA) is 43.6 Å². The van der Waals surface area contributed by atoms with Crippen LogP contribution in [-0.2, 0) is 0 Å². The van der Waals surface area contributed by atoms with Crippen molar-refractivity contribution in [2.75, 3.05) is 0 Å². The Kier molecular flexibility index (Phi) is 6.76. The maximum absolute atomic E-state index is 5.34. The summed E-state index contributed by atoms with van der Waals surface area (Å²) < 4.78 is 4.88. The summed E-state index contributed by atoms with van der Waals surface area (Å²) in [7, 11) is 0. The van der Waals surface area contributed by atoms with Crippen LogP contribution in [0.3, 0.4) is 0 Å². The van der Waals surface area contributed by atoms with Gasteiger partial charge in [-0.2, -0.15) is 9.97 Å². The molecule has 4 nitrogen and oxygen atoms in total. The van der Waals surface area contributed by atoms with Gasteiger partial charge in [-0.05, 0) is 44.6 Å². The van der Waals surface area contributed by atoms with Crippen LogP contribution in [0.5, 0.6) is 0 Å². The van der Waals surface area contributed by atoms with Crippen LogP contribution in [0.2, 0.25) is 0 Å². The zero-order chi connectivity index (χ0) is 36.7. The maximum Gasteiger partial charge on any atom is 0.238 e. The molecule has 0 aliphatic rings. The van der Waals surface area contributed by atoms with E-state index in [9.17, 15) is 0 Å². The van der Waals surface area contributed by atoms with E-state index in [0.29, 0.717) is 17.6 Å². The molecule has 12 rings (SSSR count). The molecule has 3 aromatic heterocycles. The number of aromatic nitrogens is 4. The van der Waals surface area contributed by atoms with Gasteiger partial charge in [0.25, 0.3) is 0 Å². The van der Waals surface area contributed by atoms with E-state index in [2.05, 4.69) is 150 Å². The van der Waals surface area contributed by atoms with Crippen LogP contribution in [0.25, 0.3) is 114 Å². The molecule has 0 aliphatic heterocycles. The monoisotopic (exact) mass is 730 g/mol. The highest BCUT2D eigenvalue weighted by Crippen LogP contribution is 2.46. The molecular weight excluding hydrogens is 701 g/mol. The van der Waals surface area contributed by atoms with E-state index in [0.717, 1.165) is 44.1 Å². The summed E-state index contributed by atoms with van der Waals surface area (Å²) in [4.78, 5) is 15.8. The van der Waals surface area contributed by atoms with Crippen molar-refractivity contribution in [2.45, 2.75) is 0 Å². The normalized spacial score (nSPS) is 11.9. The van der Waals surface area contributed by atoms with Gasteiger partial charge >= 0.3 is 0 Å². The van der Waals surface area contributed by atoms with Crippen LogP contribution >= 0.6 is 11.3 Å². The summed E-state index contributed by atoms with van der Waals surface area (Å²) in [6.07, 6.45) is 0. The molecule has 0 atom stereocenters. The van der Waals surface area contributed by atoms with Crippen molar-refractivity contribution >= 4 is 85.6 Å². The van der Waals surface area contributed by atoms with E-state index in [1.54, 1.807) is 0 Å². The first-order valence-electron chi connectivity index (χ1n) is 18.9. The van der Waals surface area contributed by atoms with E-state index in [4.69, 9.17) is 15.0 Å². The van der Waals surface area contributed by atoms with Crippen LogP contribution in [0.1, 0.15) is 0 Å². The smallest absolute Gasteiger partial charge is 0.238 e. The highest BCUT2D eigenvalue weighted by Gasteiger charge is 2.24. The van der Waals surface area contributed by atoms with Crippen molar-refractivity contribution in [3.63, 3.8) is 0 Å². The maximum atomic E-state index is 5.34. The zero-order valence-corrected chi connectivity index (χ0v) is 30.8. The second kappa shape index (κ2) is 12.2. The molecule has 12 aromatic rings. The van der Waals surface area contributed by atoms with E-state index in [1.807, 2.05) is 47.7 Å². The third-order valence-electron chi connectivity index (χ3n) is 11.2. The lowest BCUT2D eigenvalue weighted by atomic mass is 9.95. The predicted molar refractivity (Wildman–Crippen MR) is 236 cm³/mol. The van der Waals surface area contributed by atoms with E-state index >= 15 is 0 Å². The lowest BCUT2D eigenvalue weighted by Crippen LogP contribution is -2.07. The summed E-state index contributed by atoms with van der Waals surface area (Å²) in [5.74, 6) is 1.84. The molecule has 9 aromatic carbocycles. The molecule has 5 heteroatoms. The molecule has 3 heterocycles. The van der Waals surface area contributed by atoms with E-state index in [1.165, 1.54) is 52.5 Å². The van der Waals surface area contributed by atoms with Crippen molar-refractivity contribution in [1.29, 1.82) is 0 Å². The quantitative estimate of drug-likeness (QED) is 0.169. The Morgan fingerprint density at radius 2 is 0.964 bits per heavy atom. The highest BCUT2D eigenvalue weighted by atomic mass is 32.1. The molecule has 0 radical (unpaired) electrons. The van der Waals surface area contributed by atoms with Gasteiger partial charge in [-0.25, -0.2) is 4.98 Å². The van der Waals surface area contributed by atoms with Crippen LogP contribution in [0.4, 0.5) is 0 Å². The Hall–Kier alpha value is -7.21. The van der Waals surface area contributed by atoms with Crippen LogP contribution in [0, 0.1) is 0 Å². The Labute approximate surface area is 325 Å². The summed E-state index contributed by atoms with van der Waals surface area (Å²) in [6.45, 7) is 0. The van der Waals surface area contributed by atoms with Gasteiger partial charge in [0.05, 0.1) is 11.0 Å². The minimum absolute atomic E-state index is 0.583. The van der Waals surface area contributed by atoms with Gasteiger partial charge in [0.1, 0.15) is 0 Å². The summed E-state index contributed by atoms with van der Waals surface area (Å²) >= 11 is 1.86. The fourth-order valence-electron chi connectivity index (χ4n) is 8.77. The molecular formula is C51H30N4S. The first-order valence-corrected chi connectivity index (χ1v) is 19.7. The van der Waals surface area contributed by atoms with Gasteiger partial charge in [-0.1, -0.05) is 170 Å². The van der Waals surface area contributed by atoms with Gasteiger partial charge < -0.3 is 0 Å². The van der Waals surface area contributed by atoms with Crippen molar-refractivity contribution in [2.24, 2.45) is 0 Å². The van der Waals surface area contributed by atoms with Crippen molar-refractivity contribution in [1.82, 2.24) is 19.5 Å². The Morgan fingerprint density at radius 3 is 1.70 bits per heavy atom. The van der Waals surface area contributed by atoms with Gasteiger partial charge in [0.15, 0.2) is 11.6 Å². The third-order valence-corrected chi connectivity index (χ3v) is 12.3. The summed E-state index contributed by atoms with van der Waals surface area (Å²) in [5.41, 5.74) is 6.30. The van der Waals surface area contributed by atoms with Crippen LogP contribution < -0.4 is 0 Å². The first-order chi connectivity index (χ1) is 27.8. The molecule has 0 aliphatic carbocycles. The van der Waals surface area contributed by atoms with E-state index in [-0.39, 0.29) is 0 Å². The average molecular weight is 731 g/mol. The predicted octanol–water partition coefficient (Wildman–Crippen LogP) is 13.8. The number of rotatable bonds is 4. The van der Waals surface area contributed by atoms with Gasteiger partial charge in [-0.3, -0.25) is 4.57 Å². The van der Waals surface area contributed by atoms with E-state index < -0.39 is 0 Å². The van der Waals surface area contributed by atoms with Crippen LogP contribution in [0.15, 0.2) is 182 Å². The van der Waals surface area contributed by atoms with Gasteiger partial charge in [0, 0.05) is 53.0 Å². The molecule has 0 bridgehead atoms. The highest BCUT2D eigenvalue weighted by molar-refractivity contribution is 7.26. The largest absolute Gasteiger partial charge is 0.277 e. The Morgan fingerprint density at radius 1 is 0.357 bits per heavy atom. The number of benzene rings is 9. The van der Waals surface area contributed by atoms with Crippen LogP contribution in [-0.4, -0.2) is 19.5 Å². The van der Waals surface area contributed by atoms with Crippen molar-refractivity contribution in [3.05, 3.63) is 182 Å². The number of nitrogens with zero attached hydrogens (tertiary/aromatic N) is 4.